The van der Waals surface area contributed by atoms with Gasteiger partial charge in [0.1, 0.15) is 11.4 Å². The fraction of sp³-hybridized carbons (Fsp3) is 0.0769. The second kappa shape index (κ2) is 4.52. The molecule has 0 saturated carbocycles. The second-order valence-corrected chi connectivity index (χ2v) is 6.29. The quantitative estimate of drug-likeness (QED) is 0.846. The smallest absolute Gasteiger partial charge is 0.275 e. The first-order valence-electron chi connectivity index (χ1n) is 5.95. The third-order valence-corrected chi connectivity index (χ3v) is 4.90. The minimum Gasteiger partial charge on any atom is -0.275 e. The molecule has 1 aliphatic rings. The molecule has 1 fully saturated rings. The lowest BCUT2D eigenvalue weighted by atomic mass is 10.1. The van der Waals surface area contributed by atoms with Gasteiger partial charge in [0.15, 0.2) is 5.82 Å². The lowest BCUT2D eigenvalue weighted by Crippen LogP contribution is -2.34. The van der Waals surface area contributed by atoms with Gasteiger partial charge in [-0.05, 0) is 11.5 Å². The van der Waals surface area contributed by atoms with Gasteiger partial charge in [0.05, 0.1) is 0 Å². The highest BCUT2D eigenvalue weighted by Crippen LogP contribution is 2.27. The van der Waals surface area contributed by atoms with Crippen LogP contribution >= 0.6 is 0 Å². The molecule has 1 saturated heterocycles. The number of urea groups is 1. The number of fused-ring (bicyclic) bond motifs is 1. The van der Waals surface area contributed by atoms with Crippen LogP contribution in [0.5, 0.6) is 0 Å². The molecule has 0 bridgehead atoms. The number of sulfonamides is 1. The van der Waals surface area contributed by atoms with Gasteiger partial charge in [-0.25, -0.2) is 21.9 Å². The molecule has 108 valence electrons. The molecule has 0 spiro atoms. The van der Waals surface area contributed by atoms with E-state index in [9.17, 15) is 22.4 Å². The molecular weight excluding hydrogens is 299 g/mol. The Bertz CT molecular complexity index is 879. The number of carbonyl (C=O) groups excluding carboxylic acids is 2. The van der Waals surface area contributed by atoms with Gasteiger partial charge in [0.2, 0.25) is 5.91 Å². The molecular formula is C13H9FN2O4S. The number of carbonyl (C=O) groups is 2. The average Bonchev–Trinajstić information content (AvgIpc) is 2.79. The number of hydrogen-bond acceptors (Lipinski definition) is 4. The zero-order valence-corrected chi connectivity index (χ0v) is 11.4. The summed E-state index contributed by atoms with van der Waals surface area (Å²) in [6, 6.07) is 7.81. The van der Waals surface area contributed by atoms with Crippen LogP contribution in [0.15, 0.2) is 41.3 Å². The van der Waals surface area contributed by atoms with Crippen LogP contribution in [0.2, 0.25) is 0 Å². The van der Waals surface area contributed by atoms with Crippen LogP contribution < -0.4 is 5.32 Å². The van der Waals surface area contributed by atoms with E-state index in [1.165, 1.54) is 12.1 Å². The highest BCUT2D eigenvalue weighted by Gasteiger charge is 2.38. The van der Waals surface area contributed by atoms with E-state index in [0.717, 1.165) is 6.07 Å². The molecule has 2 aromatic rings. The van der Waals surface area contributed by atoms with Crippen LogP contribution in [-0.4, -0.2) is 31.2 Å². The molecule has 1 aliphatic heterocycles. The van der Waals surface area contributed by atoms with Gasteiger partial charge in [-0.3, -0.25) is 10.1 Å². The zero-order chi connectivity index (χ0) is 15.2. The van der Waals surface area contributed by atoms with Crippen molar-refractivity contribution in [3.8, 4) is 0 Å². The van der Waals surface area contributed by atoms with Gasteiger partial charge in [0, 0.05) is 5.39 Å². The Hall–Kier alpha value is -2.48. The Kier molecular flexibility index (Phi) is 2.91. The fourth-order valence-electron chi connectivity index (χ4n) is 2.15. The molecule has 6 nitrogen and oxygen atoms in total. The molecule has 1 heterocycles. The van der Waals surface area contributed by atoms with Crippen LogP contribution in [0.25, 0.3) is 10.8 Å². The highest BCUT2D eigenvalue weighted by molar-refractivity contribution is 7.89. The zero-order valence-electron chi connectivity index (χ0n) is 10.5. The fourth-order valence-corrected chi connectivity index (χ4v) is 3.51. The van der Waals surface area contributed by atoms with Crippen LogP contribution in [0.4, 0.5) is 9.18 Å². The largest absolute Gasteiger partial charge is 0.338 e. The second-order valence-electron chi connectivity index (χ2n) is 4.46. The third-order valence-electron chi connectivity index (χ3n) is 3.16. The minimum atomic E-state index is -4.42. The monoisotopic (exact) mass is 308 g/mol. The predicted molar refractivity (Wildman–Crippen MR) is 71.3 cm³/mol. The van der Waals surface area contributed by atoms with E-state index in [2.05, 4.69) is 0 Å². The maximum atomic E-state index is 14.4. The van der Waals surface area contributed by atoms with Crippen molar-refractivity contribution in [2.75, 3.05) is 6.54 Å². The summed E-state index contributed by atoms with van der Waals surface area (Å²) in [6.07, 6.45) is 0. The minimum absolute atomic E-state index is 0.129. The molecule has 21 heavy (non-hydrogen) atoms. The lowest BCUT2D eigenvalue weighted by Gasteiger charge is -2.15. The molecule has 0 aliphatic carbocycles. The number of imide groups is 1. The van der Waals surface area contributed by atoms with Crippen LogP contribution in [0, 0.1) is 5.82 Å². The number of hydrogen-bond donors (Lipinski definition) is 1. The van der Waals surface area contributed by atoms with Crippen molar-refractivity contribution in [2.45, 2.75) is 4.90 Å². The number of nitrogens with zero attached hydrogens (tertiary/aromatic N) is 1. The summed E-state index contributed by atoms with van der Waals surface area (Å²) in [6.45, 7) is -0.645. The van der Waals surface area contributed by atoms with Crippen molar-refractivity contribution in [1.29, 1.82) is 0 Å². The Morgan fingerprint density at radius 2 is 1.81 bits per heavy atom. The van der Waals surface area contributed by atoms with Crippen molar-refractivity contribution in [3.63, 3.8) is 0 Å². The molecule has 8 heteroatoms. The van der Waals surface area contributed by atoms with E-state index < -0.39 is 39.2 Å². The van der Waals surface area contributed by atoms with E-state index >= 15 is 0 Å². The molecule has 2 aromatic carbocycles. The van der Waals surface area contributed by atoms with Crippen LogP contribution in [-0.2, 0) is 14.8 Å². The third kappa shape index (κ3) is 2.04. The molecule has 0 radical (unpaired) electrons. The highest BCUT2D eigenvalue weighted by atomic mass is 32.2. The summed E-state index contributed by atoms with van der Waals surface area (Å²) >= 11 is 0. The van der Waals surface area contributed by atoms with E-state index in [4.69, 9.17) is 0 Å². The Morgan fingerprint density at radius 1 is 1.10 bits per heavy atom. The number of benzene rings is 2. The molecule has 0 unspecified atom stereocenters. The van der Waals surface area contributed by atoms with Crippen molar-refractivity contribution < 1.29 is 22.4 Å². The number of halogens is 1. The predicted octanol–water partition coefficient (Wildman–Crippen LogP) is 1.22. The Balaban J connectivity index is 2.18. The summed E-state index contributed by atoms with van der Waals surface area (Å²) < 4.78 is 39.4. The normalized spacial score (nSPS) is 15.6. The lowest BCUT2D eigenvalue weighted by molar-refractivity contribution is -0.118. The molecule has 3 rings (SSSR count). The summed E-state index contributed by atoms with van der Waals surface area (Å²) in [7, 11) is -4.42. The summed E-state index contributed by atoms with van der Waals surface area (Å²) in [5.74, 6) is -1.69. The van der Waals surface area contributed by atoms with E-state index in [-0.39, 0.29) is 5.39 Å². The van der Waals surface area contributed by atoms with Gasteiger partial charge in [-0.1, -0.05) is 30.3 Å². The molecule has 1 N–H and O–H groups in total. The van der Waals surface area contributed by atoms with Gasteiger partial charge in [-0.15, -0.1) is 0 Å². The first-order chi connectivity index (χ1) is 9.91. The summed E-state index contributed by atoms with van der Waals surface area (Å²) in [5, 5.41) is 2.51. The molecule has 0 atom stereocenters. The van der Waals surface area contributed by atoms with Crippen molar-refractivity contribution in [3.05, 3.63) is 42.2 Å². The number of nitrogens with one attached hydrogen (secondary N) is 1. The average molecular weight is 308 g/mol. The van der Waals surface area contributed by atoms with Gasteiger partial charge in [0.25, 0.3) is 10.0 Å². The SMILES string of the molecule is O=C1CN(S(=O)(=O)c2ccc3ccccc3c2F)C(=O)N1. The van der Waals surface area contributed by atoms with Crippen LogP contribution in [0.1, 0.15) is 0 Å². The Morgan fingerprint density at radius 3 is 2.48 bits per heavy atom. The van der Waals surface area contributed by atoms with Gasteiger partial charge < -0.3 is 0 Å². The number of amides is 3. The summed E-state index contributed by atoms with van der Waals surface area (Å²) in [4.78, 5) is 21.9. The van der Waals surface area contributed by atoms with Crippen molar-refractivity contribution in [1.82, 2.24) is 9.62 Å². The topological polar surface area (TPSA) is 83.6 Å². The molecule has 3 amide bonds. The maximum absolute atomic E-state index is 14.4. The van der Waals surface area contributed by atoms with Crippen LogP contribution in [0.3, 0.4) is 0 Å². The van der Waals surface area contributed by atoms with E-state index in [0.29, 0.717) is 9.69 Å². The molecule has 0 aromatic heterocycles. The van der Waals surface area contributed by atoms with Gasteiger partial charge >= 0.3 is 6.03 Å². The van der Waals surface area contributed by atoms with Gasteiger partial charge in [-0.2, -0.15) is 0 Å². The number of rotatable bonds is 2. The first kappa shape index (κ1) is 13.5. The Labute approximate surface area is 119 Å². The maximum Gasteiger partial charge on any atom is 0.338 e. The standard InChI is InChI=1S/C13H9FN2O4S/c14-12-9-4-2-1-3-8(9)5-6-10(12)21(19,20)16-7-11(17)15-13(16)18/h1-6H,7H2,(H,15,17,18). The summed E-state index contributed by atoms with van der Waals surface area (Å²) in [5.41, 5.74) is 0. The van der Waals surface area contributed by atoms with Crippen molar-refractivity contribution >= 4 is 32.7 Å². The van der Waals surface area contributed by atoms with E-state index in [1.54, 1.807) is 18.2 Å². The van der Waals surface area contributed by atoms with E-state index in [1.807, 2.05) is 5.32 Å². The first-order valence-corrected chi connectivity index (χ1v) is 7.39. The van der Waals surface area contributed by atoms with Crippen molar-refractivity contribution in [2.24, 2.45) is 0 Å².